The second-order valence-electron chi connectivity index (χ2n) is 9.46. The molecule has 2 amide bonds. The molecule has 1 aliphatic heterocycles. The third kappa shape index (κ3) is 6.03. The van der Waals surface area contributed by atoms with Crippen molar-refractivity contribution in [2.75, 3.05) is 38.6 Å². The van der Waals surface area contributed by atoms with E-state index in [0.717, 1.165) is 0 Å². The highest BCUT2D eigenvalue weighted by atomic mass is 16.6. The van der Waals surface area contributed by atoms with Crippen LogP contribution in [0.3, 0.4) is 0 Å². The molecule has 0 bridgehead atoms. The van der Waals surface area contributed by atoms with Crippen LogP contribution in [-0.2, 0) is 4.79 Å². The summed E-state index contributed by atoms with van der Waals surface area (Å²) in [6.07, 6.45) is 1.40. The number of nitro benzene ring substituents is 1. The number of rotatable bonds is 8. The van der Waals surface area contributed by atoms with Gasteiger partial charge in [-0.05, 0) is 37.0 Å². The average Bonchev–Trinajstić information content (AvgIpc) is 2.85. The maximum absolute atomic E-state index is 13.4. The minimum atomic E-state index is -0.526. The van der Waals surface area contributed by atoms with Crippen LogP contribution in [-0.4, -0.2) is 61.2 Å². The third-order valence-electron chi connectivity index (χ3n) is 6.08. The lowest BCUT2D eigenvalue weighted by Crippen LogP contribution is -2.46. The summed E-state index contributed by atoms with van der Waals surface area (Å²) < 4.78 is 0. The van der Waals surface area contributed by atoms with E-state index in [1.807, 2.05) is 13.8 Å². The summed E-state index contributed by atoms with van der Waals surface area (Å²) >= 11 is 0. The topological polar surface area (TPSA) is 113 Å². The Kier molecular flexibility index (Phi) is 8.22. The third-order valence-corrected chi connectivity index (χ3v) is 6.08. The SMILES string of the molecule is CC(C)CNC(=O)[C@H]1CCCN(C(=O)c2ccccc2C(=O)c2ccc(N(C)C)c([N+](=O)[O-])c2)C1. The van der Waals surface area contributed by atoms with Crippen molar-refractivity contribution in [3.05, 3.63) is 69.3 Å². The van der Waals surface area contributed by atoms with E-state index in [1.54, 1.807) is 48.2 Å². The number of carbonyl (C=O) groups is 3. The first kappa shape index (κ1) is 25.9. The minimum absolute atomic E-state index is 0.0612. The van der Waals surface area contributed by atoms with Gasteiger partial charge in [-0.1, -0.05) is 32.0 Å². The molecule has 9 heteroatoms. The number of likely N-dealkylation sites (tertiary alicyclic amines) is 1. The van der Waals surface area contributed by atoms with Gasteiger partial charge < -0.3 is 15.1 Å². The fraction of sp³-hybridized carbons (Fsp3) is 0.423. The molecule has 3 rings (SSSR count). The molecule has 0 saturated carbocycles. The lowest BCUT2D eigenvalue weighted by molar-refractivity contribution is -0.384. The standard InChI is InChI=1S/C26H32N4O5/c1-17(2)15-27-25(32)19-8-7-13-29(16-19)26(33)21-10-6-5-9-20(21)24(31)18-11-12-22(28(3)4)23(14-18)30(34)35/h5-6,9-12,14,17,19H,7-8,13,15-16H2,1-4H3,(H,27,32)/t19-/m0/s1. The monoisotopic (exact) mass is 480 g/mol. The van der Waals surface area contributed by atoms with Gasteiger partial charge in [-0.15, -0.1) is 0 Å². The van der Waals surface area contributed by atoms with Crippen molar-refractivity contribution >= 4 is 29.0 Å². The van der Waals surface area contributed by atoms with Crippen LogP contribution in [0.1, 0.15) is 53.0 Å². The molecule has 0 spiro atoms. The fourth-order valence-corrected chi connectivity index (χ4v) is 4.21. The Bertz CT molecular complexity index is 1130. The van der Waals surface area contributed by atoms with Gasteiger partial charge in [0.15, 0.2) is 5.78 Å². The van der Waals surface area contributed by atoms with Crippen molar-refractivity contribution in [2.24, 2.45) is 11.8 Å². The molecule has 1 saturated heterocycles. The quantitative estimate of drug-likeness (QED) is 0.351. The van der Waals surface area contributed by atoms with Gasteiger partial charge in [0, 0.05) is 50.9 Å². The van der Waals surface area contributed by atoms with Crippen LogP contribution in [0.5, 0.6) is 0 Å². The second-order valence-corrected chi connectivity index (χ2v) is 9.46. The van der Waals surface area contributed by atoms with Crippen molar-refractivity contribution in [3.63, 3.8) is 0 Å². The van der Waals surface area contributed by atoms with Gasteiger partial charge in [-0.3, -0.25) is 24.5 Å². The van der Waals surface area contributed by atoms with E-state index in [9.17, 15) is 24.5 Å². The molecule has 1 fully saturated rings. The Morgan fingerprint density at radius 3 is 2.46 bits per heavy atom. The smallest absolute Gasteiger partial charge is 0.293 e. The molecule has 35 heavy (non-hydrogen) atoms. The van der Waals surface area contributed by atoms with E-state index in [0.29, 0.717) is 37.5 Å². The van der Waals surface area contributed by atoms with Crippen LogP contribution in [0.4, 0.5) is 11.4 Å². The number of nitrogens with one attached hydrogen (secondary N) is 1. The Hall–Kier alpha value is -3.75. The predicted octanol–water partition coefficient (Wildman–Crippen LogP) is 3.52. The van der Waals surface area contributed by atoms with Crippen molar-refractivity contribution in [3.8, 4) is 0 Å². The normalized spacial score (nSPS) is 15.6. The Morgan fingerprint density at radius 2 is 1.83 bits per heavy atom. The number of nitrogens with zero attached hydrogens (tertiary/aromatic N) is 3. The van der Waals surface area contributed by atoms with Crippen LogP contribution in [0, 0.1) is 22.0 Å². The van der Waals surface area contributed by atoms with Crippen LogP contribution in [0.2, 0.25) is 0 Å². The zero-order valence-corrected chi connectivity index (χ0v) is 20.6. The number of hydrogen-bond donors (Lipinski definition) is 1. The zero-order chi connectivity index (χ0) is 25.7. The van der Waals surface area contributed by atoms with E-state index in [4.69, 9.17) is 0 Å². The van der Waals surface area contributed by atoms with E-state index in [1.165, 1.54) is 18.2 Å². The van der Waals surface area contributed by atoms with Crippen LogP contribution in [0.15, 0.2) is 42.5 Å². The summed E-state index contributed by atoms with van der Waals surface area (Å²) in [5, 5.41) is 14.5. The van der Waals surface area contributed by atoms with Gasteiger partial charge in [0.1, 0.15) is 5.69 Å². The molecule has 1 heterocycles. The summed E-state index contributed by atoms with van der Waals surface area (Å²) in [6.45, 7) is 5.41. The lowest BCUT2D eigenvalue weighted by Gasteiger charge is -2.32. The second kappa shape index (κ2) is 11.1. The first-order valence-electron chi connectivity index (χ1n) is 11.8. The number of carbonyl (C=O) groups excluding carboxylic acids is 3. The number of piperidine rings is 1. The predicted molar refractivity (Wildman–Crippen MR) is 134 cm³/mol. The fourth-order valence-electron chi connectivity index (χ4n) is 4.21. The minimum Gasteiger partial charge on any atom is -0.372 e. The van der Waals surface area contributed by atoms with E-state index >= 15 is 0 Å². The highest BCUT2D eigenvalue weighted by Gasteiger charge is 2.31. The number of anilines is 1. The summed E-state index contributed by atoms with van der Waals surface area (Å²) in [7, 11) is 3.37. The molecule has 0 radical (unpaired) electrons. The Morgan fingerprint density at radius 1 is 1.14 bits per heavy atom. The van der Waals surface area contributed by atoms with E-state index in [-0.39, 0.29) is 46.7 Å². The van der Waals surface area contributed by atoms with Crippen LogP contribution >= 0.6 is 0 Å². The van der Waals surface area contributed by atoms with Crippen molar-refractivity contribution in [2.45, 2.75) is 26.7 Å². The molecule has 2 aromatic carbocycles. The van der Waals surface area contributed by atoms with Crippen LogP contribution < -0.4 is 10.2 Å². The van der Waals surface area contributed by atoms with E-state index < -0.39 is 10.7 Å². The highest BCUT2D eigenvalue weighted by molar-refractivity contribution is 6.15. The van der Waals surface area contributed by atoms with Crippen molar-refractivity contribution in [1.29, 1.82) is 0 Å². The largest absolute Gasteiger partial charge is 0.372 e. The van der Waals surface area contributed by atoms with Gasteiger partial charge in [-0.25, -0.2) is 0 Å². The number of benzene rings is 2. The molecule has 1 N–H and O–H groups in total. The van der Waals surface area contributed by atoms with Gasteiger partial charge in [0.25, 0.3) is 11.6 Å². The van der Waals surface area contributed by atoms with E-state index in [2.05, 4.69) is 5.32 Å². The van der Waals surface area contributed by atoms with Gasteiger partial charge in [0.05, 0.1) is 16.4 Å². The Labute approximate surface area is 205 Å². The van der Waals surface area contributed by atoms with Crippen molar-refractivity contribution < 1.29 is 19.3 Å². The molecule has 186 valence electrons. The van der Waals surface area contributed by atoms with Gasteiger partial charge in [0.2, 0.25) is 5.91 Å². The maximum Gasteiger partial charge on any atom is 0.293 e. The summed E-state index contributed by atoms with van der Waals surface area (Å²) in [5.41, 5.74) is 0.727. The number of ketones is 1. The first-order valence-corrected chi connectivity index (χ1v) is 11.8. The zero-order valence-electron chi connectivity index (χ0n) is 20.6. The molecule has 1 aliphatic rings. The summed E-state index contributed by atoms with van der Waals surface area (Å²) in [4.78, 5) is 53.6. The Balaban J connectivity index is 1.86. The molecule has 9 nitrogen and oxygen atoms in total. The van der Waals surface area contributed by atoms with Gasteiger partial charge >= 0.3 is 0 Å². The molecular weight excluding hydrogens is 448 g/mol. The average molecular weight is 481 g/mol. The number of nitro groups is 1. The molecule has 0 aromatic heterocycles. The maximum atomic E-state index is 13.4. The number of amides is 2. The highest BCUT2D eigenvalue weighted by Crippen LogP contribution is 2.29. The molecule has 1 atom stereocenters. The molecule has 0 unspecified atom stereocenters. The summed E-state index contributed by atoms with van der Waals surface area (Å²) in [6, 6.07) is 10.8. The number of hydrogen-bond acceptors (Lipinski definition) is 6. The summed E-state index contributed by atoms with van der Waals surface area (Å²) in [5.74, 6) is -0.814. The van der Waals surface area contributed by atoms with Crippen molar-refractivity contribution in [1.82, 2.24) is 10.2 Å². The molecule has 0 aliphatic carbocycles. The van der Waals surface area contributed by atoms with Crippen LogP contribution in [0.25, 0.3) is 0 Å². The molecule has 2 aromatic rings. The van der Waals surface area contributed by atoms with Gasteiger partial charge in [-0.2, -0.15) is 0 Å². The molecular formula is C26H32N4O5. The lowest BCUT2D eigenvalue weighted by atomic mass is 9.94. The first-order chi connectivity index (χ1) is 16.6.